The highest BCUT2D eigenvalue weighted by atomic mass is 19.4. The highest BCUT2D eigenvalue weighted by Gasteiger charge is 2.37. The van der Waals surface area contributed by atoms with Crippen LogP contribution in [0.25, 0.3) is 17.6 Å². The number of alkyl halides is 6. The molecule has 0 spiro atoms. The average Bonchev–Trinajstić information content (AvgIpc) is 2.99. The maximum atomic E-state index is 12.9. The number of nitrogens with zero attached hydrogens (tertiary/aromatic N) is 3. The van der Waals surface area contributed by atoms with Gasteiger partial charge in [0.05, 0.1) is 17.2 Å². The molecule has 0 amide bonds. The van der Waals surface area contributed by atoms with Gasteiger partial charge in [-0.2, -0.15) is 26.3 Å². The third kappa shape index (κ3) is 5.56. The van der Waals surface area contributed by atoms with Gasteiger partial charge in [0.1, 0.15) is 6.33 Å². The van der Waals surface area contributed by atoms with E-state index in [1.807, 2.05) is 0 Å². The molecular formula is C16H13F6N3O2. The van der Waals surface area contributed by atoms with Gasteiger partial charge in [0.25, 0.3) is 0 Å². The number of hydrogen-bond donors (Lipinski definition) is 0. The Labute approximate surface area is 149 Å². The predicted molar refractivity (Wildman–Crippen MR) is 82.0 cm³/mol. The maximum Gasteiger partial charge on any atom is 0.416 e. The van der Waals surface area contributed by atoms with Crippen LogP contribution in [0.3, 0.4) is 0 Å². The third-order valence-corrected chi connectivity index (χ3v) is 3.07. The number of carbonyl (C=O) groups is 1. The molecule has 0 aliphatic heterocycles. The van der Waals surface area contributed by atoms with E-state index in [0.717, 1.165) is 23.3 Å². The molecular weight excluding hydrogens is 380 g/mol. The van der Waals surface area contributed by atoms with Crippen LogP contribution in [0.15, 0.2) is 30.6 Å². The smallest absolute Gasteiger partial charge is 0.416 e. The van der Waals surface area contributed by atoms with Crippen LogP contribution >= 0.6 is 0 Å². The van der Waals surface area contributed by atoms with Crippen molar-refractivity contribution >= 4 is 12.2 Å². The molecule has 0 N–H and O–H groups in total. The summed E-state index contributed by atoms with van der Waals surface area (Å²) in [5.41, 5.74) is -3.41. The van der Waals surface area contributed by atoms with Crippen LogP contribution in [-0.4, -0.2) is 26.8 Å². The third-order valence-electron chi connectivity index (χ3n) is 3.07. The Bertz CT molecular complexity index is 820. The van der Waals surface area contributed by atoms with Crippen LogP contribution in [0.4, 0.5) is 26.3 Å². The molecule has 11 heteroatoms. The van der Waals surface area contributed by atoms with Gasteiger partial charge in [0, 0.05) is 17.8 Å². The van der Waals surface area contributed by atoms with Crippen LogP contribution in [-0.2, 0) is 21.9 Å². The molecule has 2 aromatic rings. The fourth-order valence-corrected chi connectivity index (χ4v) is 1.97. The SMILES string of the molecule is CC(C)OC(=O)/C=C\n1cnc(-c2cc(C(F)(F)F)cc(C(F)(F)F)c2)n1. The highest BCUT2D eigenvalue weighted by Crippen LogP contribution is 2.37. The molecule has 0 bridgehead atoms. The molecule has 0 unspecified atom stereocenters. The molecule has 0 saturated carbocycles. The van der Waals surface area contributed by atoms with Gasteiger partial charge in [0.15, 0.2) is 5.82 Å². The van der Waals surface area contributed by atoms with Crippen molar-refractivity contribution in [3.05, 3.63) is 41.7 Å². The summed E-state index contributed by atoms with van der Waals surface area (Å²) in [6, 6.07) is 1.06. The van der Waals surface area contributed by atoms with Crippen LogP contribution in [0.5, 0.6) is 0 Å². The minimum absolute atomic E-state index is 0.0162. The maximum absolute atomic E-state index is 12.9. The van der Waals surface area contributed by atoms with Gasteiger partial charge in [-0.25, -0.2) is 14.5 Å². The topological polar surface area (TPSA) is 57.0 Å². The number of carbonyl (C=O) groups excluding carboxylic acids is 1. The summed E-state index contributed by atoms with van der Waals surface area (Å²) < 4.78 is 83.2. The lowest BCUT2D eigenvalue weighted by atomic mass is 10.0. The molecule has 27 heavy (non-hydrogen) atoms. The lowest BCUT2D eigenvalue weighted by Crippen LogP contribution is -2.11. The minimum atomic E-state index is -4.97. The zero-order chi connectivity index (χ0) is 20.4. The van der Waals surface area contributed by atoms with E-state index in [1.54, 1.807) is 13.8 Å². The van der Waals surface area contributed by atoms with Crippen LogP contribution in [0, 0.1) is 0 Å². The van der Waals surface area contributed by atoms with E-state index < -0.39 is 35.0 Å². The fraction of sp³-hybridized carbons (Fsp3) is 0.312. The van der Waals surface area contributed by atoms with E-state index in [-0.39, 0.29) is 18.0 Å². The number of aromatic nitrogens is 3. The number of rotatable bonds is 4. The molecule has 2 rings (SSSR count). The Morgan fingerprint density at radius 1 is 1.07 bits per heavy atom. The molecule has 5 nitrogen and oxygen atoms in total. The monoisotopic (exact) mass is 393 g/mol. The van der Waals surface area contributed by atoms with Crippen molar-refractivity contribution in [2.75, 3.05) is 0 Å². The van der Waals surface area contributed by atoms with Crippen molar-refractivity contribution in [2.24, 2.45) is 0 Å². The zero-order valence-corrected chi connectivity index (χ0v) is 14.0. The van der Waals surface area contributed by atoms with Gasteiger partial charge >= 0.3 is 18.3 Å². The summed E-state index contributed by atoms with van der Waals surface area (Å²) in [5, 5.41) is 3.75. The van der Waals surface area contributed by atoms with Gasteiger partial charge in [-0.3, -0.25) is 0 Å². The fourth-order valence-electron chi connectivity index (χ4n) is 1.97. The Kier molecular flexibility index (Phi) is 5.62. The van der Waals surface area contributed by atoms with E-state index in [9.17, 15) is 31.1 Å². The van der Waals surface area contributed by atoms with Crippen LogP contribution in [0.1, 0.15) is 25.0 Å². The second kappa shape index (κ2) is 7.41. The second-order valence-electron chi connectivity index (χ2n) is 5.64. The Balaban J connectivity index is 2.37. The van der Waals surface area contributed by atoms with E-state index in [4.69, 9.17) is 4.74 Å². The van der Waals surface area contributed by atoms with Gasteiger partial charge in [0.2, 0.25) is 0 Å². The second-order valence-corrected chi connectivity index (χ2v) is 5.64. The summed E-state index contributed by atoms with van der Waals surface area (Å²) in [6.45, 7) is 3.26. The minimum Gasteiger partial charge on any atom is -0.460 e. The number of hydrogen-bond acceptors (Lipinski definition) is 4. The van der Waals surface area contributed by atoms with Gasteiger partial charge in [-0.1, -0.05) is 0 Å². The molecule has 0 saturated heterocycles. The number of ether oxygens (including phenoxy) is 1. The molecule has 0 radical (unpaired) electrons. The Morgan fingerprint density at radius 2 is 1.63 bits per heavy atom. The Hall–Kier alpha value is -2.85. The molecule has 0 aliphatic rings. The summed E-state index contributed by atoms with van der Waals surface area (Å²) in [5.74, 6) is -1.06. The molecule has 0 atom stereocenters. The van der Waals surface area contributed by atoms with Crippen molar-refractivity contribution in [3.63, 3.8) is 0 Å². The summed E-state index contributed by atoms with van der Waals surface area (Å²) in [7, 11) is 0. The van der Waals surface area contributed by atoms with E-state index in [2.05, 4.69) is 10.1 Å². The van der Waals surface area contributed by atoms with E-state index >= 15 is 0 Å². The van der Waals surface area contributed by atoms with Crippen LogP contribution in [0.2, 0.25) is 0 Å². The molecule has 146 valence electrons. The predicted octanol–water partition coefficient (Wildman–Crippen LogP) is 4.41. The summed E-state index contributed by atoms with van der Waals surface area (Å²) in [6.07, 6.45) is -7.18. The molecule has 1 aromatic carbocycles. The quantitative estimate of drug-likeness (QED) is 0.439. The van der Waals surface area contributed by atoms with E-state index in [0.29, 0.717) is 12.1 Å². The van der Waals surface area contributed by atoms with Crippen LogP contribution < -0.4 is 0 Å². The van der Waals surface area contributed by atoms with Gasteiger partial charge < -0.3 is 4.74 Å². The highest BCUT2D eigenvalue weighted by molar-refractivity contribution is 5.85. The standard InChI is InChI=1S/C16H13F6N3O2/c1-9(2)27-13(26)3-4-25-8-23-14(24-25)10-5-11(15(17,18)19)7-12(6-10)16(20,21)22/h3-9H,1-2H3/b4-3-. The zero-order valence-electron chi connectivity index (χ0n) is 14.0. The van der Waals surface area contributed by atoms with Crippen molar-refractivity contribution in [3.8, 4) is 11.4 Å². The summed E-state index contributed by atoms with van der Waals surface area (Å²) in [4.78, 5) is 15.1. The first kappa shape index (κ1) is 20.5. The van der Waals surface area contributed by atoms with E-state index in [1.165, 1.54) is 0 Å². The normalized spacial score (nSPS) is 12.8. The lowest BCUT2D eigenvalue weighted by molar-refractivity contribution is -0.143. The largest absolute Gasteiger partial charge is 0.460 e. The Morgan fingerprint density at radius 3 is 2.11 bits per heavy atom. The number of benzene rings is 1. The average molecular weight is 393 g/mol. The summed E-state index contributed by atoms with van der Waals surface area (Å²) >= 11 is 0. The van der Waals surface area contributed by atoms with Crippen molar-refractivity contribution in [2.45, 2.75) is 32.3 Å². The number of esters is 1. The van der Waals surface area contributed by atoms with Crippen molar-refractivity contribution < 1.29 is 35.9 Å². The number of halogens is 6. The molecule has 0 fully saturated rings. The van der Waals surface area contributed by atoms with Gasteiger partial charge in [-0.15, -0.1) is 5.10 Å². The molecule has 0 aliphatic carbocycles. The lowest BCUT2D eigenvalue weighted by Gasteiger charge is -2.13. The molecule has 1 aromatic heterocycles. The first-order chi connectivity index (χ1) is 12.4. The van der Waals surface area contributed by atoms with Crippen molar-refractivity contribution in [1.82, 2.24) is 14.8 Å². The molecule has 1 heterocycles. The first-order valence-corrected chi connectivity index (χ1v) is 7.46. The van der Waals surface area contributed by atoms with Crippen molar-refractivity contribution in [1.29, 1.82) is 0 Å². The first-order valence-electron chi connectivity index (χ1n) is 7.46. The van der Waals surface area contributed by atoms with Gasteiger partial charge in [-0.05, 0) is 32.0 Å².